The van der Waals surface area contributed by atoms with Crippen LogP contribution < -0.4 is 4.90 Å². The molecule has 1 aromatic carbocycles. The number of aryl methyl sites for hydroxylation is 1. The Balaban J connectivity index is 1.33. The number of rotatable bonds is 3. The van der Waals surface area contributed by atoms with Crippen LogP contribution in [0.5, 0.6) is 0 Å². The summed E-state index contributed by atoms with van der Waals surface area (Å²) in [7, 11) is 0. The predicted octanol–water partition coefficient (Wildman–Crippen LogP) is 3.04. The van der Waals surface area contributed by atoms with Crippen molar-refractivity contribution in [1.82, 2.24) is 9.88 Å². The Labute approximate surface area is 144 Å². The second kappa shape index (κ2) is 6.16. The van der Waals surface area contributed by atoms with E-state index in [1.807, 2.05) is 11.8 Å². The van der Waals surface area contributed by atoms with Crippen LogP contribution in [0.3, 0.4) is 0 Å². The molecule has 1 aromatic heterocycles. The fraction of sp³-hybridized carbons (Fsp3) is 0.444. The molecule has 4 rings (SSSR count). The summed E-state index contributed by atoms with van der Waals surface area (Å²) in [6, 6.07) is 6.56. The normalized spacial score (nSPS) is 23.4. The van der Waals surface area contributed by atoms with Gasteiger partial charge in [-0.15, -0.1) is 11.3 Å². The van der Waals surface area contributed by atoms with E-state index >= 15 is 0 Å². The lowest BCUT2D eigenvalue weighted by molar-refractivity contribution is -0.132. The lowest BCUT2D eigenvalue weighted by Gasteiger charge is -2.34. The van der Waals surface area contributed by atoms with Crippen molar-refractivity contribution in [2.24, 2.45) is 5.92 Å². The van der Waals surface area contributed by atoms with Crippen molar-refractivity contribution in [3.63, 3.8) is 0 Å². The van der Waals surface area contributed by atoms with Crippen LogP contribution in [0.25, 0.3) is 0 Å². The summed E-state index contributed by atoms with van der Waals surface area (Å²) < 4.78 is 13.0. The third-order valence-corrected chi connectivity index (χ3v) is 5.89. The van der Waals surface area contributed by atoms with Gasteiger partial charge >= 0.3 is 0 Å². The highest BCUT2D eigenvalue weighted by Gasteiger charge is 2.46. The van der Waals surface area contributed by atoms with E-state index in [1.54, 1.807) is 23.5 Å². The highest BCUT2D eigenvalue weighted by molar-refractivity contribution is 7.13. The van der Waals surface area contributed by atoms with Crippen molar-refractivity contribution in [3.05, 3.63) is 46.7 Å². The number of carbonyl (C=O) groups excluding carboxylic acids is 1. The number of thiazole rings is 1. The van der Waals surface area contributed by atoms with Crippen LogP contribution in [0.2, 0.25) is 0 Å². The molecule has 1 amide bonds. The van der Waals surface area contributed by atoms with Gasteiger partial charge in [0.05, 0.1) is 5.69 Å². The number of halogens is 1. The number of benzene rings is 1. The maximum absolute atomic E-state index is 13.0. The van der Waals surface area contributed by atoms with E-state index in [0.29, 0.717) is 0 Å². The number of anilines is 1. The third kappa shape index (κ3) is 3.02. The van der Waals surface area contributed by atoms with Crippen LogP contribution in [0.15, 0.2) is 29.6 Å². The summed E-state index contributed by atoms with van der Waals surface area (Å²) >= 11 is 1.66. The Morgan fingerprint density at radius 2 is 1.92 bits per heavy atom. The molecule has 2 atom stereocenters. The van der Waals surface area contributed by atoms with E-state index in [1.165, 1.54) is 12.1 Å². The zero-order valence-corrected chi connectivity index (χ0v) is 14.4. The van der Waals surface area contributed by atoms with Gasteiger partial charge in [-0.3, -0.25) is 4.79 Å². The topological polar surface area (TPSA) is 36.4 Å². The predicted molar refractivity (Wildman–Crippen MR) is 92.9 cm³/mol. The zero-order chi connectivity index (χ0) is 16.7. The molecule has 1 saturated carbocycles. The van der Waals surface area contributed by atoms with Crippen molar-refractivity contribution >= 4 is 22.4 Å². The van der Waals surface area contributed by atoms with Crippen LogP contribution in [0, 0.1) is 18.7 Å². The minimum Gasteiger partial charge on any atom is -0.345 e. The Morgan fingerprint density at radius 3 is 2.54 bits per heavy atom. The molecule has 0 radical (unpaired) electrons. The summed E-state index contributed by atoms with van der Waals surface area (Å²) in [5.41, 5.74) is 2.13. The first-order valence-corrected chi connectivity index (χ1v) is 9.21. The average Bonchev–Trinajstić information content (AvgIpc) is 3.28. The SMILES string of the molecule is Cc1csc(N2CCN(C(=O)[C@H]3C[C@H]3c3ccc(F)cc3)CC2)n1. The first-order valence-electron chi connectivity index (χ1n) is 8.33. The van der Waals surface area contributed by atoms with Crippen molar-refractivity contribution in [3.8, 4) is 0 Å². The number of hydrogen-bond acceptors (Lipinski definition) is 4. The number of piperazine rings is 1. The Hall–Kier alpha value is -1.95. The fourth-order valence-corrected chi connectivity index (χ4v) is 4.24. The van der Waals surface area contributed by atoms with Crippen LogP contribution in [0.4, 0.5) is 9.52 Å². The number of hydrogen-bond donors (Lipinski definition) is 0. The molecule has 2 heterocycles. The maximum Gasteiger partial charge on any atom is 0.226 e. The van der Waals surface area contributed by atoms with Crippen molar-refractivity contribution in [1.29, 1.82) is 0 Å². The monoisotopic (exact) mass is 345 g/mol. The van der Waals surface area contributed by atoms with Gasteiger partial charge in [0.1, 0.15) is 5.82 Å². The van der Waals surface area contributed by atoms with E-state index in [-0.39, 0.29) is 23.6 Å². The molecule has 1 aliphatic heterocycles. The molecular weight excluding hydrogens is 325 g/mol. The Morgan fingerprint density at radius 1 is 1.21 bits per heavy atom. The smallest absolute Gasteiger partial charge is 0.226 e. The van der Waals surface area contributed by atoms with Gasteiger partial charge in [0, 0.05) is 37.5 Å². The largest absolute Gasteiger partial charge is 0.345 e. The molecule has 1 saturated heterocycles. The second-order valence-electron chi connectivity index (χ2n) is 6.58. The van der Waals surface area contributed by atoms with E-state index < -0.39 is 0 Å². The summed E-state index contributed by atoms with van der Waals surface area (Å²) in [6.45, 7) is 5.19. The molecule has 126 valence electrons. The molecule has 1 aliphatic carbocycles. The van der Waals surface area contributed by atoms with E-state index in [0.717, 1.165) is 49.0 Å². The van der Waals surface area contributed by atoms with Crippen molar-refractivity contribution < 1.29 is 9.18 Å². The highest BCUT2D eigenvalue weighted by atomic mass is 32.1. The lowest BCUT2D eigenvalue weighted by atomic mass is 10.1. The third-order valence-electron chi connectivity index (χ3n) is 4.87. The summed E-state index contributed by atoms with van der Waals surface area (Å²) in [6.07, 6.45) is 0.885. The summed E-state index contributed by atoms with van der Waals surface area (Å²) in [5.74, 6) is 0.358. The molecule has 2 aliphatic rings. The number of nitrogens with zero attached hydrogens (tertiary/aromatic N) is 3. The van der Waals surface area contributed by atoms with Gasteiger partial charge in [-0.25, -0.2) is 9.37 Å². The molecule has 2 aromatic rings. The molecular formula is C18H20FN3OS. The van der Waals surface area contributed by atoms with Crippen LogP contribution in [-0.4, -0.2) is 42.0 Å². The molecule has 0 N–H and O–H groups in total. The molecule has 0 bridgehead atoms. The van der Waals surface area contributed by atoms with Gasteiger partial charge in [-0.2, -0.15) is 0 Å². The minimum absolute atomic E-state index is 0.0733. The molecule has 4 nitrogen and oxygen atoms in total. The van der Waals surface area contributed by atoms with Gasteiger partial charge in [-0.1, -0.05) is 12.1 Å². The van der Waals surface area contributed by atoms with Crippen LogP contribution >= 0.6 is 11.3 Å². The second-order valence-corrected chi connectivity index (χ2v) is 7.42. The average molecular weight is 345 g/mol. The quantitative estimate of drug-likeness (QED) is 0.858. The minimum atomic E-state index is -0.226. The van der Waals surface area contributed by atoms with Crippen LogP contribution in [-0.2, 0) is 4.79 Å². The number of aromatic nitrogens is 1. The number of amides is 1. The fourth-order valence-electron chi connectivity index (χ4n) is 3.39. The van der Waals surface area contributed by atoms with E-state index in [4.69, 9.17) is 0 Å². The molecule has 24 heavy (non-hydrogen) atoms. The summed E-state index contributed by atoms with van der Waals surface area (Å²) in [5, 5.41) is 3.11. The first kappa shape index (κ1) is 15.6. The van der Waals surface area contributed by atoms with E-state index in [2.05, 4.69) is 15.3 Å². The van der Waals surface area contributed by atoms with Gasteiger partial charge in [0.15, 0.2) is 5.13 Å². The van der Waals surface area contributed by atoms with Gasteiger partial charge in [0.25, 0.3) is 0 Å². The van der Waals surface area contributed by atoms with Crippen molar-refractivity contribution in [2.75, 3.05) is 31.1 Å². The maximum atomic E-state index is 13.0. The lowest BCUT2D eigenvalue weighted by Crippen LogP contribution is -2.49. The van der Waals surface area contributed by atoms with E-state index in [9.17, 15) is 9.18 Å². The van der Waals surface area contributed by atoms with Gasteiger partial charge in [-0.05, 0) is 37.0 Å². The van der Waals surface area contributed by atoms with Crippen molar-refractivity contribution in [2.45, 2.75) is 19.3 Å². The standard InChI is InChI=1S/C18H20FN3OS/c1-12-11-24-18(20-12)22-8-6-21(7-9-22)17(23)16-10-15(16)13-2-4-14(19)5-3-13/h2-5,11,15-16H,6-10H2,1H3/t15-,16-/m0/s1. The molecule has 0 spiro atoms. The molecule has 0 unspecified atom stereocenters. The Bertz CT molecular complexity index is 737. The summed E-state index contributed by atoms with van der Waals surface area (Å²) in [4.78, 5) is 21.4. The highest BCUT2D eigenvalue weighted by Crippen LogP contribution is 2.48. The van der Waals surface area contributed by atoms with Gasteiger partial charge in [0.2, 0.25) is 5.91 Å². The molecule has 2 fully saturated rings. The van der Waals surface area contributed by atoms with Crippen LogP contribution in [0.1, 0.15) is 23.6 Å². The number of carbonyl (C=O) groups is 1. The van der Waals surface area contributed by atoms with Gasteiger partial charge < -0.3 is 9.80 Å². The Kier molecular flexibility index (Phi) is 4.00. The zero-order valence-electron chi connectivity index (χ0n) is 13.6. The first-order chi connectivity index (χ1) is 11.6. The molecule has 6 heteroatoms.